The summed E-state index contributed by atoms with van der Waals surface area (Å²) in [6.45, 7) is 0. The van der Waals surface area contributed by atoms with Crippen LogP contribution >= 0.6 is 0 Å². The van der Waals surface area contributed by atoms with Crippen molar-refractivity contribution in [3.63, 3.8) is 0 Å². The van der Waals surface area contributed by atoms with Gasteiger partial charge >= 0.3 is 0 Å². The molecule has 1 saturated carbocycles. The van der Waals surface area contributed by atoms with E-state index in [1.807, 2.05) is 42.5 Å². The molecule has 0 spiro atoms. The zero-order valence-corrected chi connectivity index (χ0v) is 13.1. The second kappa shape index (κ2) is 4.63. The molecule has 0 aliphatic heterocycles. The second-order valence-corrected chi connectivity index (χ2v) is 6.81. The van der Waals surface area contributed by atoms with E-state index >= 15 is 0 Å². The molecule has 2 atom stereocenters. The van der Waals surface area contributed by atoms with Gasteiger partial charge in [0.15, 0.2) is 0 Å². The molecule has 0 radical (unpaired) electrons. The average Bonchev–Trinajstić information content (AvgIpc) is 2.88. The van der Waals surface area contributed by atoms with Crippen LogP contribution < -0.4 is 0 Å². The molecule has 3 aromatic rings. The molecule has 6 rings (SSSR count). The van der Waals surface area contributed by atoms with Crippen molar-refractivity contribution < 1.29 is 15.0 Å². The van der Waals surface area contributed by atoms with Crippen molar-refractivity contribution in [3.05, 3.63) is 53.6 Å². The first-order valence-electron chi connectivity index (χ1n) is 8.34. The number of aromatic nitrogens is 1. The number of carbonyl (C=O) groups excluding carboxylic acids is 1. The van der Waals surface area contributed by atoms with Gasteiger partial charge in [0.1, 0.15) is 5.78 Å². The number of benzene rings is 2. The van der Waals surface area contributed by atoms with Crippen LogP contribution in [0.2, 0.25) is 0 Å². The summed E-state index contributed by atoms with van der Waals surface area (Å²) in [5.41, 5.74) is 2.16. The Bertz CT molecular complexity index is 996. The topological polar surface area (TPSA) is 62.5 Å². The van der Waals surface area contributed by atoms with Gasteiger partial charge in [0.05, 0.1) is 5.69 Å². The molecule has 3 aliphatic carbocycles. The van der Waals surface area contributed by atoms with Crippen LogP contribution in [0.5, 0.6) is 11.8 Å². The first kappa shape index (κ1) is 13.7. The molecule has 0 amide bonds. The van der Waals surface area contributed by atoms with Gasteiger partial charge in [-0.2, -0.15) is 0 Å². The van der Waals surface area contributed by atoms with E-state index in [0.717, 1.165) is 34.9 Å². The fourth-order valence-electron chi connectivity index (χ4n) is 4.53. The van der Waals surface area contributed by atoms with E-state index in [9.17, 15) is 15.0 Å². The lowest BCUT2D eigenvalue weighted by Crippen LogP contribution is -2.28. The number of carbonyl (C=O) groups is 1. The normalized spacial score (nSPS) is 22.1. The second-order valence-electron chi connectivity index (χ2n) is 6.81. The Morgan fingerprint density at radius 1 is 0.917 bits per heavy atom. The van der Waals surface area contributed by atoms with Crippen LogP contribution in [-0.4, -0.2) is 20.6 Å². The molecule has 0 saturated heterocycles. The smallest absolute Gasteiger partial charge is 0.202 e. The summed E-state index contributed by atoms with van der Waals surface area (Å²) in [7, 11) is 0. The third-order valence-corrected chi connectivity index (χ3v) is 5.60. The Hall–Kier alpha value is -2.75. The Kier molecular flexibility index (Phi) is 2.64. The maximum atomic E-state index is 12.2. The zero-order valence-electron chi connectivity index (χ0n) is 13.1. The van der Waals surface area contributed by atoms with E-state index in [4.69, 9.17) is 0 Å². The highest BCUT2D eigenvalue weighted by Gasteiger charge is 2.45. The Balaban J connectivity index is 1.84. The third-order valence-electron chi connectivity index (χ3n) is 5.60. The van der Waals surface area contributed by atoms with E-state index in [0.29, 0.717) is 12.0 Å². The molecule has 4 nitrogen and oxygen atoms in total. The van der Waals surface area contributed by atoms with E-state index < -0.39 is 0 Å². The molecule has 2 aromatic carbocycles. The maximum absolute atomic E-state index is 12.2. The fourth-order valence-corrected chi connectivity index (χ4v) is 4.53. The molecule has 24 heavy (non-hydrogen) atoms. The molecule has 0 unspecified atom stereocenters. The molecule has 2 bridgehead atoms. The first-order chi connectivity index (χ1) is 11.7. The summed E-state index contributed by atoms with van der Waals surface area (Å²) >= 11 is 0. The number of aromatic hydroxyl groups is 2. The number of nitrogens with zero attached hydrogens (tertiary/aromatic N) is 1. The molecule has 2 N–H and O–H groups in total. The van der Waals surface area contributed by atoms with E-state index in [-0.39, 0.29) is 29.4 Å². The van der Waals surface area contributed by atoms with Gasteiger partial charge in [0, 0.05) is 28.9 Å². The number of hydrogen-bond acceptors (Lipinski definition) is 3. The molecule has 3 aliphatic rings. The monoisotopic (exact) mass is 319 g/mol. The number of fused-ring (bicyclic) bond motifs is 3. The molecule has 120 valence electrons. The van der Waals surface area contributed by atoms with Crippen molar-refractivity contribution in [2.24, 2.45) is 0 Å². The largest absolute Gasteiger partial charge is 0.494 e. The van der Waals surface area contributed by atoms with Crippen LogP contribution in [0.15, 0.2) is 42.5 Å². The van der Waals surface area contributed by atoms with Gasteiger partial charge in [-0.15, -0.1) is 0 Å². The summed E-state index contributed by atoms with van der Waals surface area (Å²) < 4.78 is 1.51. The number of ketones is 1. The highest BCUT2D eigenvalue weighted by atomic mass is 16.3. The molecule has 4 heteroatoms. The van der Waals surface area contributed by atoms with Crippen molar-refractivity contribution in [2.75, 3.05) is 0 Å². The lowest BCUT2D eigenvalue weighted by Gasteiger charge is -2.34. The lowest BCUT2D eigenvalue weighted by atomic mass is 9.67. The van der Waals surface area contributed by atoms with E-state index in [1.165, 1.54) is 4.57 Å². The van der Waals surface area contributed by atoms with E-state index in [2.05, 4.69) is 0 Å². The van der Waals surface area contributed by atoms with Gasteiger partial charge in [-0.3, -0.25) is 9.36 Å². The van der Waals surface area contributed by atoms with Crippen molar-refractivity contribution in [2.45, 2.75) is 31.1 Å². The zero-order chi connectivity index (χ0) is 16.4. The Morgan fingerprint density at radius 2 is 1.67 bits per heavy atom. The highest BCUT2D eigenvalue weighted by Crippen LogP contribution is 2.56. The van der Waals surface area contributed by atoms with Gasteiger partial charge in [-0.05, 0) is 30.2 Å². The van der Waals surface area contributed by atoms with Crippen molar-refractivity contribution >= 4 is 16.6 Å². The third kappa shape index (κ3) is 1.60. The predicted molar refractivity (Wildman–Crippen MR) is 90.9 cm³/mol. The first-order valence-corrected chi connectivity index (χ1v) is 8.34. The Morgan fingerprint density at radius 3 is 2.50 bits per heavy atom. The van der Waals surface area contributed by atoms with Crippen LogP contribution in [0.3, 0.4) is 0 Å². The number of hydrogen-bond donors (Lipinski definition) is 2. The summed E-state index contributed by atoms with van der Waals surface area (Å²) in [6.07, 6.45) is 2.14. The molecule has 1 heterocycles. The minimum Gasteiger partial charge on any atom is -0.494 e. The van der Waals surface area contributed by atoms with Crippen LogP contribution in [0, 0.1) is 0 Å². The van der Waals surface area contributed by atoms with Crippen molar-refractivity contribution in [1.82, 2.24) is 4.57 Å². The molecular formula is C20H17NO3. The summed E-state index contributed by atoms with van der Waals surface area (Å²) in [6, 6.07) is 13.7. The van der Waals surface area contributed by atoms with Gasteiger partial charge in [0.2, 0.25) is 11.8 Å². The van der Waals surface area contributed by atoms with Crippen molar-refractivity contribution in [1.29, 1.82) is 0 Å². The standard InChI is InChI=1S/C20H17NO3/c22-16-10-12-8-9-14(16)18-17(12)19(23)21(20(18)24)15-7-3-5-11-4-1-2-6-13(11)15/h1-7,12,14,23-24H,8-10H2/t12-,14+/m0/s1. The van der Waals surface area contributed by atoms with Gasteiger partial charge < -0.3 is 10.2 Å². The van der Waals surface area contributed by atoms with Gasteiger partial charge in [0.25, 0.3) is 0 Å². The molecule has 1 fully saturated rings. The minimum absolute atomic E-state index is 0.0154. The summed E-state index contributed by atoms with van der Waals surface area (Å²) in [4.78, 5) is 12.2. The van der Waals surface area contributed by atoms with Gasteiger partial charge in [-0.1, -0.05) is 36.4 Å². The molecule has 1 aromatic heterocycles. The van der Waals surface area contributed by atoms with Crippen LogP contribution in [-0.2, 0) is 4.79 Å². The summed E-state index contributed by atoms with van der Waals surface area (Å²) in [5, 5.41) is 23.7. The maximum Gasteiger partial charge on any atom is 0.202 e. The summed E-state index contributed by atoms with van der Waals surface area (Å²) in [5.74, 6) is 0.0403. The number of Topliss-reactive ketones (excluding diaryl/α,β-unsaturated/α-hetero) is 1. The van der Waals surface area contributed by atoms with Crippen LogP contribution in [0.1, 0.15) is 42.2 Å². The minimum atomic E-state index is -0.271. The highest BCUT2D eigenvalue weighted by molar-refractivity contribution is 5.93. The van der Waals surface area contributed by atoms with Crippen LogP contribution in [0.25, 0.3) is 16.5 Å². The van der Waals surface area contributed by atoms with Crippen LogP contribution in [0.4, 0.5) is 0 Å². The quantitative estimate of drug-likeness (QED) is 0.713. The fraction of sp³-hybridized carbons (Fsp3) is 0.250. The predicted octanol–water partition coefficient (Wildman–Crippen LogP) is 3.98. The van der Waals surface area contributed by atoms with Crippen molar-refractivity contribution in [3.8, 4) is 17.4 Å². The Labute approximate surface area is 139 Å². The number of rotatable bonds is 1. The lowest BCUT2D eigenvalue weighted by molar-refractivity contribution is -0.123. The van der Waals surface area contributed by atoms with Gasteiger partial charge in [-0.25, -0.2) is 0 Å². The molecular weight excluding hydrogens is 302 g/mol. The van der Waals surface area contributed by atoms with E-state index in [1.54, 1.807) is 0 Å². The SMILES string of the molecule is O=C1C[C@@H]2CC[C@H]1c1c2c(O)n(-c2cccc3ccccc23)c1O. The average molecular weight is 319 g/mol.